The Labute approximate surface area is 78.1 Å². The van der Waals surface area contributed by atoms with Crippen LogP contribution >= 0.6 is 0 Å². The normalized spacial score (nSPS) is 28.2. The van der Waals surface area contributed by atoms with Gasteiger partial charge < -0.3 is 0 Å². The highest BCUT2D eigenvalue weighted by atomic mass is 14.2. The number of rotatable bonds is 1. The molecule has 72 valence electrons. The maximum atomic E-state index is 2.40. The first kappa shape index (κ1) is 11.7. The third-order valence-corrected chi connectivity index (χ3v) is 2.50. The van der Waals surface area contributed by atoms with Gasteiger partial charge in [-0.2, -0.15) is 0 Å². The molecule has 0 aromatic heterocycles. The molecule has 0 aliphatic heterocycles. The van der Waals surface area contributed by atoms with Gasteiger partial charge in [-0.3, -0.25) is 0 Å². The highest BCUT2D eigenvalue weighted by Crippen LogP contribution is 2.26. The molecular weight excluding hydrogens is 144 g/mol. The Morgan fingerprint density at radius 3 is 2.00 bits per heavy atom. The standard InChI is InChI=1S/C10H18.C2H6/c1-8(2)10-6-4-9(3)5-7-10;1-2/h4,6,8-10H,5,7H2,1-3H3;1-2H3. The quantitative estimate of drug-likeness (QED) is 0.513. The van der Waals surface area contributed by atoms with Crippen LogP contribution in [-0.4, -0.2) is 0 Å². The van der Waals surface area contributed by atoms with Crippen molar-refractivity contribution in [3.05, 3.63) is 12.2 Å². The summed E-state index contributed by atoms with van der Waals surface area (Å²) in [7, 11) is 0. The second-order valence-corrected chi connectivity index (χ2v) is 3.85. The van der Waals surface area contributed by atoms with Gasteiger partial charge in [-0.1, -0.05) is 46.8 Å². The Bertz CT molecular complexity index is 122. The van der Waals surface area contributed by atoms with Crippen LogP contribution in [0.5, 0.6) is 0 Å². The van der Waals surface area contributed by atoms with Gasteiger partial charge in [-0.15, -0.1) is 0 Å². The van der Waals surface area contributed by atoms with Gasteiger partial charge in [-0.25, -0.2) is 0 Å². The van der Waals surface area contributed by atoms with Crippen molar-refractivity contribution in [1.29, 1.82) is 0 Å². The van der Waals surface area contributed by atoms with E-state index in [0.29, 0.717) is 0 Å². The molecule has 0 heteroatoms. The van der Waals surface area contributed by atoms with E-state index in [0.717, 1.165) is 17.8 Å². The number of allylic oxidation sites excluding steroid dienone is 2. The molecule has 0 radical (unpaired) electrons. The molecule has 0 aromatic carbocycles. The predicted octanol–water partition coefficient (Wildman–Crippen LogP) is 4.27. The minimum absolute atomic E-state index is 0.829. The number of hydrogen-bond acceptors (Lipinski definition) is 0. The lowest BCUT2D eigenvalue weighted by molar-refractivity contribution is 0.383. The highest BCUT2D eigenvalue weighted by molar-refractivity contribution is 4.97. The van der Waals surface area contributed by atoms with E-state index in [9.17, 15) is 0 Å². The monoisotopic (exact) mass is 168 g/mol. The van der Waals surface area contributed by atoms with E-state index in [1.54, 1.807) is 0 Å². The third kappa shape index (κ3) is 3.94. The van der Waals surface area contributed by atoms with Crippen molar-refractivity contribution in [3.8, 4) is 0 Å². The Hall–Kier alpha value is -0.260. The molecule has 0 N–H and O–H groups in total. The third-order valence-electron chi connectivity index (χ3n) is 2.50. The molecule has 1 aliphatic rings. The van der Waals surface area contributed by atoms with Crippen LogP contribution in [0.1, 0.15) is 47.5 Å². The lowest BCUT2D eigenvalue weighted by Crippen LogP contribution is -2.11. The molecular formula is C12H24. The summed E-state index contributed by atoms with van der Waals surface area (Å²) in [6.45, 7) is 10.9. The topological polar surface area (TPSA) is 0 Å². The van der Waals surface area contributed by atoms with E-state index >= 15 is 0 Å². The molecule has 0 spiro atoms. The molecule has 0 saturated carbocycles. The van der Waals surface area contributed by atoms with E-state index in [1.165, 1.54) is 12.8 Å². The Morgan fingerprint density at radius 2 is 1.67 bits per heavy atom. The first-order chi connectivity index (χ1) is 5.70. The van der Waals surface area contributed by atoms with Crippen molar-refractivity contribution in [2.45, 2.75) is 47.5 Å². The van der Waals surface area contributed by atoms with Gasteiger partial charge in [0.15, 0.2) is 0 Å². The molecule has 0 aromatic rings. The molecule has 0 saturated heterocycles. The zero-order valence-corrected chi connectivity index (χ0v) is 9.30. The van der Waals surface area contributed by atoms with E-state index in [4.69, 9.17) is 0 Å². The zero-order valence-electron chi connectivity index (χ0n) is 9.30. The molecule has 2 atom stereocenters. The minimum Gasteiger partial charge on any atom is -0.0854 e. The summed E-state index contributed by atoms with van der Waals surface area (Å²) in [5.41, 5.74) is 0. The first-order valence-corrected chi connectivity index (χ1v) is 5.38. The van der Waals surface area contributed by atoms with Gasteiger partial charge >= 0.3 is 0 Å². The Balaban J connectivity index is 0.000000561. The fraction of sp³-hybridized carbons (Fsp3) is 0.833. The molecule has 2 unspecified atom stereocenters. The molecule has 1 aliphatic carbocycles. The number of hydrogen-bond donors (Lipinski definition) is 0. The van der Waals surface area contributed by atoms with Crippen LogP contribution in [0, 0.1) is 17.8 Å². The fourth-order valence-electron chi connectivity index (χ4n) is 1.54. The molecule has 0 bridgehead atoms. The molecule has 0 amide bonds. The largest absolute Gasteiger partial charge is 0.0854 e. The van der Waals surface area contributed by atoms with Crippen LogP contribution in [0.2, 0.25) is 0 Å². The maximum Gasteiger partial charge on any atom is -0.0210 e. The van der Waals surface area contributed by atoms with Gasteiger partial charge in [0, 0.05) is 0 Å². The van der Waals surface area contributed by atoms with Gasteiger partial charge in [-0.05, 0) is 30.6 Å². The average molecular weight is 168 g/mol. The second kappa shape index (κ2) is 6.28. The summed E-state index contributed by atoms with van der Waals surface area (Å²) in [4.78, 5) is 0. The van der Waals surface area contributed by atoms with Crippen molar-refractivity contribution < 1.29 is 0 Å². The van der Waals surface area contributed by atoms with E-state index in [-0.39, 0.29) is 0 Å². The summed E-state index contributed by atoms with van der Waals surface area (Å²) in [5.74, 6) is 2.52. The summed E-state index contributed by atoms with van der Waals surface area (Å²) >= 11 is 0. The van der Waals surface area contributed by atoms with Crippen molar-refractivity contribution in [2.75, 3.05) is 0 Å². The van der Waals surface area contributed by atoms with E-state index in [2.05, 4.69) is 32.9 Å². The second-order valence-electron chi connectivity index (χ2n) is 3.85. The molecule has 0 heterocycles. The van der Waals surface area contributed by atoms with Crippen LogP contribution in [0.3, 0.4) is 0 Å². The summed E-state index contributed by atoms with van der Waals surface area (Å²) in [5, 5.41) is 0. The van der Waals surface area contributed by atoms with Gasteiger partial charge in [0.1, 0.15) is 0 Å². The lowest BCUT2D eigenvalue weighted by Gasteiger charge is -2.22. The smallest absolute Gasteiger partial charge is 0.0210 e. The highest BCUT2D eigenvalue weighted by Gasteiger charge is 2.14. The van der Waals surface area contributed by atoms with Crippen molar-refractivity contribution >= 4 is 0 Å². The maximum absolute atomic E-state index is 2.40. The fourth-order valence-corrected chi connectivity index (χ4v) is 1.54. The molecule has 0 nitrogen and oxygen atoms in total. The average Bonchev–Trinajstić information content (AvgIpc) is 2.09. The van der Waals surface area contributed by atoms with Crippen molar-refractivity contribution in [2.24, 2.45) is 17.8 Å². The minimum atomic E-state index is 0.829. The van der Waals surface area contributed by atoms with E-state index in [1.807, 2.05) is 13.8 Å². The van der Waals surface area contributed by atoms with Crippen molar-refractivity contribution in [3.63, 3.8) is 0 Å². The van der Waals surface area contributed by atoms with Gasteiger partial charge in [0.25, 0.3) is 0 Å². The summed E-state index contributed by atoms with van der Waals surface area (Å²) in [6, 6.07) is 0. The van der Waals surface area contributed by atoms with Crippen LogP contribution in [0.15, 0.2) is 12.2 Å². The molecule has 1 rings (SSSR count). The lowest BCUT2D eigenvalue weighted by atomic mass is 9.83. The Kier molecular flexibility index (Phi) is 6.14. The van der Waals surface area contributed by atoms with Gasteiger partial charge in [0.2, 0.25) is 0 Å². The Morgan fingerprint density at radius 1 is 1.08 bits per heavy atom. The zero-order chi connectivity index (χ0) is 9.56. The predicted molar refractivity (Wildman–Crippen MR) is 57.2 cm³/mol. The first-order valence-electron chi connectivity index (χ1n) is 5.38. The van der Waals surface area contributed by atoms with Gasteiger partial charge in [0.05, 0.1) is 0 Å². The summed E-state index contributed by atoms with van der Waals surface area (Å²) in [6.07, 6.45) is 7.56. The van der Waals surface area contributed by atoms with Crippen LogP contribution < -0.4 is 0 Å². The van der Waals surface area contributed by atoms with E-state index < -0.39 is 0 Å². The SMILES string of the molecule is CC.CC1C=CC(C(C)C)CC1. The summed E-state index contributed by atoms with van der Waals surface area (Å²) < 4.78 is 0. The van der Waals surface area contributed by atoms with Crippen LogP contribution in [-0.2, 0) is 0 Å². The van der Waals surface area contributed by atoms with Crippen molar-refractivity contribution in [1.82, 2.24) is 0 Å². The van der Waals surface area contributed by atoms with Crippen LogP contribution in [0.4, 0.5) is 0 Å². The molecule has 0 fully saturated rings. The van der Waals surface area contributed by atoms with Crippen LogP contribution in [0.25, 0.3) is 0 Å². The molecule has 12 heavy (non-hydrogen) atoms.